The molecule has 0 aromatic rings. The van der Waals surface area contributed by atoms with Crippen LogP contribution in [0, 0.1) is 0 Å². The first-order chi connectivity index (χ1) is 4.16. The van der Waals surface area contributed by atoms with E-state index in [4.69, 9.17) is 0 Å². The van der Waals surface area contributed by atoms with E-state index in [2.05, 4.69) is 10.5 Å². The van der Waals surface area contributed by atoms with Crippen LogP contribution in [0.15, 0.2) is 17.6 Å². The SMILES string of the molecule is CC=C=C(C)OC(C)=O. The molecule has 9 heavy (non-hydrogen) atoms. The lowest BCUT2D eigenvalue weighted by Gasteiger charge is -1.93. The molecule has 0 fully saturated rings. The highest BCUT2D eigenvalue weighted by Gasteiger charge is 1.90. The second kappa shape index (κ2) is 3.93. The number of hydrogen-bond donors (Lipinski definition) is 0. The third kappa shape index (κ3) is 4.85. The van der Waals surface area contributed by atoms with Gasteiger partial charge in [0.25, 0.3) is 0 Å². The maximum absolute atomic E-state index is 10.2. The van der Waals surface area contributed by atoms with Gasteiger partial charge in [0.15, 0.2) is 0 Å². The van der Waals surface area contributed by atoms with Crippen LogP contribution < -0.4 is 0 Å². The van der Waals surface area contributed by atoms with Crippen LogP contribution in [-0.2, 0) is 9.53 Å². The normalized spacial score (nSPS) is 7.44. The summed E-state index contributed by atoms with van der Waals surface area (Å²) in [5.74, 6) is 0.201. The Morgan fingerprint density at radius 3 is 2.44 bits per heavy atom. The third-order valence-electron chi connectivity index (χ3n) is 0.644. The Bertz CT molecular complexity index is 162. The topological polar surface area (TPSA) is 26.3 Å². The summed E-state index contributed by atoms with van der Waals surface area (Å²) < 4.78 is 4.63. The zero-order chi connectivity index (χ0) is 7.28. The van der Waals surface area contributed by atoms with Crippen molar-refractivity contribution in [2.24, 2.45) is 0 Å². The Morgan fingerprint density at radius 2 is 2.11 bits per heavy atom. The average molecular weight is 126 g/mol. The molecule has 0 radical (unpaired) electrons. The van der Waals surface area contributed by atoms with Gasteiger partial charge >= 0.3 is 5.97 Å². The second-order valence-electron chi connectivity index (χ2n) is 1.58. The molecule has 0 bridgehead atoms. The zero-order valence-electron chi connectivity index (χ0n) is 5.89. The molecule has 2 heteroatoms. The van der Waals surface area contributed by atoms with E-state index in [1.807, 2.05) is 6.92 Å². The van der Waals surface area contributed by atoms with Crippen LogP contribution in [0.3, 0.4) is 0 Å². The summed E-state index contributed by atoms with van der Waals surface area (Å²) in [6, 6.07) is 0. The number of carbonyl (C=O) groups is 1. The first kappa shape index (κ1) is 7.99. The van der Waals surface area contributed by atoms with E-state index in [-0.39, 0.29) is 5.97 Å². The van der Waals surface area contributed by atoms with Gasteiger partial charge in [0.2, 0.25) is 0 Å². The number of rotatable bonds is 1. The molecule has 2 nitrogen and oxygen atoms in total. The molecule has 0 heterocycles. The first-order valence-corrected chi connectivity index (χ1v) is 2.73. The van der Waals surface area contributed by atoms with E-state index in [0.29, 0.717) is 5.76 Å². The summed E-state index contributed by atoms with van der Waals surface area (Å²) in [6.07, 6.45) is 1.69. The van der Waals surface area contributed by atoms with Gasteiger partial charge in [-0.1, -0.05) is 5.73 Å². The summed E-state index contributed by atoms with van der Waals surface area (Å²) in [7, 11) is 0. The number of carbonyl (C=O) groups excluding carboxylic acids is 1. The van der Waals surface area contributed by atoms with Crippen molar-refractivity contribution in [3.63, 3.8) is 0 Å². The summed E-state index contributed by atoms with van der Waals surface area (Å²) in [4.78, 5) is 10.2. The summed E-state index contributed by atoms with van der Waals surface area (Å²) in [5, 5.41) is 0. The number of ether oxygens (including phenoxy) is 1. The minimum atomic E-state index is -0.304. The van der Waals surface area contributed by atoms with Crippen LogP contribution in [0.5, 0.6) is 0 Å². The predicted octanol–water partition coefficient (Wildman–Crippen LogP) is 1.63. The fraction of sp³-hybridized carbons (Fsp3) is 0.429. The van der Waals surface area contributed by atoms with Crippen molar-refractivity contribution in [3.8, 4) is 0 Å². The van der Waals surface area contributed by atoms with E-state index < -0.39 is 0 Å². The molecule has 0 aromatic carbocycles. The first-order valence-electron chi connectivity index (χ1n) is 2.73. The quantitative estimate of drug-likeness (QED) is 0.303. The van der Waals surface area contributed by atoms with Crippen LogP contribution in [0.4, 0.5) is 0 Å². The second-order valence-corrected chi connectivity index (χ2v) is 1.58. The van der Waals surface area contributed by atoms with Crippen LogP contribution in [0.25, 0.3) is 0 Å². The molecule has 0 unspecified atom stereocenters. The van der Waals surface area contributed by atoms with Crippen molar-refractivity contribution in [1.29, 1.82) is 0 Å². The molecule has 50 valence electrons. The molecule has 0 rings (SSSR count). The molecule has 0 aliphatic rings. The maximum Gasteiger partial charge on any atom is 0.308 e. The summed E-state index contributed by atoms with van der Waals surface area (Å²) >= 11 is 0. The molecule has 0 saturated heterocycles. The van der Waals surface area contributed by atoms with Gasteiger partial charge in [-0.25, -0.2) is 0 Å². The van der Waals surface area contributed by atoms with Gasteiger partial charge in [-0.2, -0.15) is 0 Å². The maximum atomic E-state index is 10.2. The molecule has 0 amide bonds. The van der Waals surface area contributed by atoms with E-state index in [9.17, 15) is 4.79 Å². The molecule has 0 aromatic heterocycles. The highest BCUT2D eigenvalue weighted by molar-refractivity contribution is 5.67. The van der Waals surface area contributed by atoms with Gasteiger partial charge in [-0.3, -0.25) is 4.79 Å². The monoisotopic (exact) mass is 126 g/mol. The fourth-order valence-electron chi connectivity index (χ4n) is 0.448. The van der Waals surface area contributed by atoms with Crippen molar-refractivity contribution < 1.29 is 9.53 Å². The van der Waals surface area contributed by atoms with Gasteiger partial charge in [0, 0.05) is 13.8 Å². The summed E-state index contributed by atoms with van der Waals surface area (Å²) in [6.45, 7) is 4.86. The van der Waals surface area contributed by atoms with Gasteiger partial charge in [-0.05, 0) is 13.0 Å². The Labute approximate surface area is 54.8 Å². The van der Waals surface area contributed by atoms with E-state index in [1.54, 1.807) is 13.0 Å². The van der Waals surface area contributed by atoms with Gasteiger partial charge < -0.3 is 4.74 Å². The average Bonchev–Trinajstić information content (AvgIpc) is 1.63. The molecular weight excluding hydrogens is 116 g/mol. The lowest BCUT2D eigenvalue weighted by atomic mass is 10.5. The zero-order valence-corrected chi connectivity index (χ0v) is 5.89. The summed E-state index contributed by atoms with van der Waals surface area (Å²) in [5.41, 5.74) is 2.73. The Hall–Kier alpha value is -1.01. The third-order valence-corrected chi connectivity index (χ3v) is 0.644. The number of hydrogen-bond acceptors (Lipinski definition) is 2. The predicted molar refractivity (Wildman–Crippen MR) is 34.7 cm³/mol. The fourth-order valence-corrected chi connectivity index (χ4v) is 0.448. The van der Waals surface area contributed by atoms with Gasteiger partial charge in [-0.15, -0.1) is 0 Å². The van der Waals surface area contributed by atoms with E-state index in [1.165, 1.54) is 6.92 Å². The van der Waals surface area contributed by atoms with Crippen molar-refractivity contribution >= 4 is 5.97 Å². The van der Waals surface area contributed by atoms with Crippen LogP contribution >= 0.6 is 0 Å². The molecule has 0 saturated carbocycles. The van der Waals surface area contributed by atoms with Crippen molar-refractivity contribution in [2.75, 3.05) is 0 Å². The largest absolute Gasteiger partial charge is 0.423 e. The number of allylic oxidation sites excluding steroid dienone is 1. The minimum Gasteiger partial charge on any atom is -0.423 e. The lowest BCUT2D eigenvalue weighted by molar-refractivity contribution is -0.136. The highest BCUT2D eigenvalue weighted by Crippen LogP contribution is 1.91. The van der Waals surface area contributed by atoms with Gasteiger partial charge in [0.05, 0.1) is 0 Å². The van der Waals surface area contributed by atoms with Crippen molar-refractivity contribution in [2.45, 2.75) is 20.8 Å². The van der Waals surface area contributed by atoms with Gasteiger partial charge in [0.1, 0.15) is 5.76 Å². The Balaban J connectivity index is 3.92. The molecule has 0 aliphatic carbocycles. The molecule has 0 aliphatic heterocycles. The van der Waals surface area contributed by atoms with Crippen LogP contribution in [0.1, 0.15) is 20.8 Å². The Kier molecular flexibility index (Phi) is 3.49. The van der Waals surface area contributed by atoms with Crippen LogP contribution in [-0.4, -0.2) is 5.97 Å². The van der Waals surface area contributed by atoms with Crippen LogP contribution in [0.2, 0.25) is 0 Å². The standard InChI is InChI=1S/C7H10O2/c1-4-5-6(2)9-7(3)8/h4H,1-3H3. The van der Waals surface area contributed by atoms with Crippen molar-refractivity contribution in [3.05, 3.63) is 17.6 Å². The number of esters is 1. The Morgan fingerprint density at radius 1 is 1.56 bits per heavy atom. The van der Waals surface area contributed by atoms with E-state index in [0.717, 1.165) is 0 Å². The smallest absolute Gasteiger partial charge is 0.308 e. The molecular formula is C7H10O2. The van der Waals surface area contributed by atoms with E-state index >= 15 is 0 Å². The highest BCUT2D eigenvalue weighted by atomic mass is 16.5. The molecule has 0 atom stereocenters. The lowest BCUT2D eigenvalue weighted by Crippen LogP contribution is -1.93. The van der Waals surface area contributed by atoms with Crippen molar-refractivity contribution in [1.82, 2.24) is 0 Å². The molecule has 0 spiro atoms. The minimum absolute atomic E-state index is 0.304. The molecule has 0 N–H and O–H groups in total.